The fourth-order valence-corrected chi connectivity index (χ4v) is 3.92. The highest BCUT2D eigenvalue weighted by Gasteiger charge is 2.20. The van der Waals surface area contributed by atoms with Crippen LogP contribution in [-0.2, 0) is 11.2 Å². The molecule has 0 radical (unpaired) electrons. The van der Waals surface area contributed by atoms with E-state index >= 15 is 0 Å². The normalized spacial score (nSPS) is 14.1. The molecule has 0 saturated carbocycles. The summed E-state index contributed by atoms with van der Waals surface area (Å²) >= 11 is 1.34. The van der Waals surface area contributed by atoms with Crippen LogP contribution in [0, 0.1) is 0 Å². The van der Waals surface area contributed by atoms with Crippen LogP contribution in [0.25, 0.3) is 16.5 Å². The smallest absolute Gasteiger partial charge is 0.289 e. The van der Waals surface area contributed by atoms with Crippen molar-refractivity contribution in [3.05, 3.63) is 53.0 Å². The summed E-state index contributed by atoms with van der Waals surface area (Å²) in [6, 6.07) is 7.66. The van der Waals surface area contributed by atoms with Gasteiger partial charge in [-0.2, -0.15) is 4.37 Å². The van der Waals surface area contributed by atoms with Crippen molar-refractivity contribution in [2.75, 3.05) is 27.2 Å². The molecule has 29 heavy (non-hydrogen) atoms. The van der Waals surface area contributed by atoms with Crippen LogP contribution in [0.5, 0.6) is 0 Å². The average molecular weight is 410 g/mol. The second-order valence-corrected chi connectivity index (χ2v) is 8.10. The highest BCUT2D eigenvalue weighted by Crippen LogP contribution is 2.27. The first-order chi connectivity index (χ1) is 14.0. The molecular weight excluding hydrogens is 388 g/mol. The van der Waals surface area contributed by atoms with E-state index in [9.17, 15) is 9.59 Å². The zero-order valence-electron chi connectivity index (χ0n) is 16.4. The number of furan rings is 1. The average Bonchev–Trinajstić information content (AvgIpc) is 3.40. The monoisotopic (exact) mass is 410 g/mol. The molecule has 0 saturated heterocycles. The van der Waals surface area contributed by atoms with Gasteiger partial charge in [-0.25, -0.2) is 4.98 Å². The Morgan fingerprint density at radius 2 is 2.14 bits per heavy atom. The van der Waals surface area contributed by atoms with E-state index in [4.69, 9.17) is 4.42 Å². The summed E-state index contributed by atoms with van der Waals surface area (Å²) < 4.78 is 9.65. The summed E-state index contributed by atoms with van der Waals surface area (Å²) in [7, 11) is 3.40. The van der Waals surface area contributed by atoms with E-state index in [-0.39, 0.29) is 11.8 Å². The van der Waals surface area contributed by atoms with Crippen LogP contribution in [0.4, 0.5) is 0 Å². The number of hydrogen-bond acceptors (Lipinski definition) is 6. The number of aromatic nitrogens is 2. The minimum atomic E-state index is -0.160. The molecule has 0 unspecified atom stereocenters. The third-order valence-electron chi connectivity index (χ3n) is 4.97. The van der Waals surface area contributed by atoms with Crippen molar-refractivity contribution in [3.8, 4) is 0 Å². The van der Waals surface area contributed by atoms with E-state index in [0.29, 0.717) is 30.7 Å². The first kappa shape index (κ1) is 19.3. The lowest BCUT2D eigenvalue weighted by Crippen LogP contribution is -2.35. The Balaban J connectivity index is 1.47. The molecule has 3 aromatic rings. The van der Waals surface area contributed by atoms with Gasteiger partial charge in [-0.15, -0.1) is 0 Å². The molecule has 0 fully saturated rings. The molecule has 1 aromatic carbocycles. The van der Waals surface area contributed by atoms with Crippen molar-refractivity contribution in [1.82, 2.24) is 19.2 Å². The third-order valence-corrected chi connectivity index (χ3v) is 5.69. The number of hydrogen-bond donors (Lipinski definition) is 0. The first-order valence-corrected chi connectivity index (χ1v) is 10.3. The zero-order valence-corrected chi connectivity index (χ0v) is 17.2. The molecule has 2 aromatic heterocycles. The third kappa shape index (κ3) is 4.22. The zero-order chi connectivity index (χ0) is 20.4. The van der Waals surface area contributed by atoms with Crippen molar-refractivity contribution in [3.63, 3.8) is 0 Å². The second kappa shape index (κ2) is 8.16. The topological polar surface area (TPSA) is 79.5 Å². The van der Waals surface area contributed by atoms with Gasteiger partial charge in [-0.3, -0.25) is 9.59 Å². The number of carbonyl (C=O) groups excluding carboxylic acids is 2. The highest BCUT2D eigenvalue weighted by atomic mass is 32.1. The highest BCUT2D eigenvalue weighted by molar-refractivity contribution is 7.05. The van der Waals surface area contributed by atoms with Crippen molar-refractivity contribution < 1.29 is 14.0 Å². The van der Waals surface area contributed by atoms with Crippen molar-refractivity contribution in [2.24, 2.45) is 0 Å². The van der Waals surface area contributed by atoms with Gasteiger partial charge < -0.3 is 14.2 Å². The van der Waals surface area contributed by atoms with Gasteiger partial charge in [-0.1, -0.05) is 12.1 Å². The van der Waals surface area contributed by atoms with E-state index in [0.717, 1.165) is 34.5 Å². The fraction of sp³-hybridized carbons (Fsp3) is 0.333. The van der Waals surface area contributed by atoms with Gasteiger partial charge in [0.05, 0.1) is 0 Å². The number of amides is 2. The number of fused-ring (bicyclic) bond motifs is 1. The van der Waals surface area contributed by atoms with Crippen LogP contribution in [0.1, 0.15) is 34.0 Å². The van der Waals surface area contributed by atoms with E-state index in [2.05, 4.69) is 15.4 Å². The molecule has 150 valence electrons. The SMILES string of the molecule is CN(C)C(=O)c1cc2cc(C3=CCCN(C(=O)CCc4ncns4)C3)ccc2o1. The summed E-state index contributed by atoms with van der Waals surface area (Å²) in [6.45, 7) is 1.32. The fourth-order valence-electron chi connectivity index (χ4n) is 3.41. The van der Waals surface area contributed by atoms with Crippen LogP contribution in [0.3, 0.4) is 0 Å². The summed E-state index contributed by atoms with van der Waals surface area (Å²) in [6.07, 6.45) is 5.60. The van der Waals surface area contributed by atoms with Crippen LogP contribution < -0.4 is 0 Å². The van der Waals surface area contributed by atoms with E-state index in [1.165, 1.54) is 22.8 Å². The Morgan fingerprint density at radius 1 is 1.28 bits per heavy atom. The standard InChI is InChI=1S/C21H22N4O3S/c1-24(2)21(27)18-11-16-10-14(5-6-17(16)28-18)15-4-3-9-25(12-15)20(26)8-7-19-22-13-23-29-19/h4-6,10-11,13H,3,7-9,12H2,1-2H3. The first-order valence-electron chi connectivity index (χ1n) is 9.49. The molecule has 0 spiro atoms. The Morgan fingerprint density at radius 3 is 2.90 bits per heavy atom. The maximum atomic E-state index is 12.6. The predicted molar refractivity (Wildman–Crippen MR) is 112 cm³/mol. The lowest BCUT2D eigenvalue weighted by atomic mass is 9.99. The van der Waals surface area contributed by atoms with Gasteiger partial charge in [0.15, 0.2) is 5.76 Å². The van der Waals surface area contributed by atoms with Crippen molar-refractivity contribution in [2.45, 2.75) is 19.3 Å². The quantitative estimate of drug-likeness (QED) is 0.645. The van der Waals surface area contributed by atoms with E-state index in [1.807, 2.05) is 23.1 Å². The molecule has 7 nitrogen and oxygen atoms in total. The molecular formula is C21H22N4O3S. The van der Waals surface area contributed by atoms with Crippen LogP contribution >= 0.6 is 11.5 Å². The number of nitrogens with zero attached hydrogens (tertiary/aromatic N) is 4. The van der Waals surface area contributed by atoms with Gasteiger partial charge >= 0.3 is 0 Å². The van der Waals surface area contributed by atoms with Gasteiger partial charge in [0.1, 0.15) is 16.9 Å². The molecule has 3 heterocycles. The Kier molecular flexibility index (Phi) is 5.44. The van der Waals surface area contributed by atoms with Crippen LogP contribution in [0.15, 0.2) is 41.1 Å². The summed E-state index contributed by atoms with van der Waals surface area (Å²) in [5, 5.41) is 1.77. The summed E-state index contributed by atoms with van der Waals surface area (Å²) in [5.74, 6) is 0.300. The molecule has 0 N–H and O–H groups in total. The summed E-state index contributed by atoms with van der Waals surface area (Å²) in [4.78, 5) is 32.3. The lowest BCUT2D eigenvalue weighted by molar-refractivity contribution is -0.130. The largest absolute Gasteiger partial charge is 0.451 e. The maximum absolute atomic E-state index is 12.6. The minimum absolute atomic E-state index is 0.133. The number of aryl methyl sites for hydroxylation is 1. The van der Waals surface area contributed by atoms with Gasteiger partial charge in [0, 0.05) is 45.4 Å². The Hall–Kier alpha value is -3.00. The second-order valence-electron chi connectivity index (χ2n) is 7.23. The van der Waals surface area contributed by atoms with Crippen molar-refractivity contribution >= 4 is 39.9 Å². The van der Waals surface area contributed by atoms with E-state index in [1.54, 1.807) is 20.2 Å². The minimum Gasteiger partial charge on any atom is -0.451 e. The molecule has 0 aliphatic carbocycles. The number of rotatable bonds is 5. The van der Waals surface area contributed by atoms with Crippen LogP contribution in [0.2, 0.25) is 0 Å². The molecule has 0 atom stereocenters. The molecule has 1 aliphatic heterocycles. The van der Waals surface area contributed by atoms with Crippen molar-refractivity contribution in [1.29, 1.82) is 0 Å². The molecule has 1 aliphatic rings. The summed E-state index contributed by atoms with van der Waals surface area (Å²) in [5.41, 5.74) is 2.84. The Bertz CT molecular complexity index is 1070. The Labute approximate surface area is 172 Å². The molecule has 8 heteroatoms. The lowest BCUT2D eigenvalue weighted by Gasteiger charge is -2.27. The predicted octanol–water partition coefficient (Wildman–Crippen LogP) is 3.23. The molecule has 2 amide bonds. The van der Waals surface area contributed by atoms with Gasteiger partial charge in [0.2, 0.25) is 5.91 Å². The van der Waals surface area contributed by atoms with Gasteiger partial charge in [0.25, 0.3) is 5.91 Å². The van der Waals surface area contributed by atoms with Gasteiger partial charge in [-0.05, 0) is 47.3 Å². The maximum Gasteiger partial charge on any atom is 0.289 e. The molecule has 4 rings (SSSR count). The number of carbonyl (C=O) groups is 2. The number of benzene rings is 1. The van der Waals surface area contributed by atoms with Crippen LogP contribution in [-0.4, -0.2) is 58.2 Å². The molecule has 0 bridgehead atoms. The van der Waals surface area contributed by atoms with E-state index < -0.39 is 0 Å².